The smallest absolute Gasteiger partial charge is 0.346 e. The molecule has 4 rings (SSSR count). The number of benzene rings is 2. The molecule has 2 aliphatic heterocycles. The highest BCUT2D eigenvalue weighted by molar-refractivity contribution is 5.96. The van der Waals surface area contributed by atoms with Crippen LogP contribution in [0.4, 0.5) is 0 Å². The molecule has 0 amide bonds. The number of carbonyl (C=O) groups is 2. The molecule has 2 heterocycles. The lowest BCUT2D eigenvalue weighted by Gasteiger charge is -2.41. The molecule has 2 aliphatic rings. The Hall–Kier alpha value is -4.27. The Morgan fingerprint density at radius 3 is 1.86 bits per heavy atom. The monoisotopic (exact) mass is 701 g/mol. The van der Waals surface area contributed by atoms with Crippen molar-refractivity contribution in [3.05, 3.63) is 58.0 Å². The highest BCUT2D eigenvalue weighted by Gasteiger charge is 2.57. The summed E-state index contributed by atoms with van der Waals surface area (Å²) in [4.78, 5) is 29.9. The van der Waals surface area contributed by atoms with Gasteiger partial charge < -0.3 is 47.4 Å². The standard InChI is InChI=1S/C35H47N3O12/c1-35(2)49-29-26(21-46-32(39)27-22(41-3)15-13-16-23(27)42-4)47-34(45-20-12-10-8-7-9-11-19-37-38-36)31(30(29)50-35)48-33(40)28-24(43-5)17-14-18-25(28)44-6/h13-18,26,29-31,34H,7-12,19-21H2,1-6H3/t26-,29+,30+,31-,34+/m1/s1. The van der Waals surface area contributed by atoms with Gasteiger partial charge in [-0.2, -0.15) is 0 Å². The zero-order valence-electron chi connectivity index (χ0n) is 29.5. The average molecular weight is 702 g/mol. The molecule has 0 radical (unpaired) electrons. The van der Waals surface area contributed by atoms with Crippen molar-refractivity contribution in [2.24, 2.45) is 5.11 Å². The minimum Gasteiger partial charge on any atom is -0.496 e. The van der Waals surface area contributed by atoms with Crippen molar-refractivity contribution in [2.75, 3.05) is 48.2 Å². The van der Waals surface area contributed by atoms with Crippen molar-refractivity contribution in [3.63, 3.8) is 0 Å². The molecule has 0 saturated carbocycles. The van der Waals surface area contributed by atoms with Crippen LogP contribution in [-0.2, 0) is 28.4 Å². The molecule has 0 unspecified atom stereocenters. The van der Waals surface area contributed by atoms with Crippen LogP contribution in [0.1, 0.15) is 73.1 Å². The molecule has 2 aromatic rings. The topological polar surface area (TPSA) is 175 Å². The normalized spacial score (nSPS) is 22.1. The van der Waals surface area contributed by atoms with Gasteiger partial charge in [-0.05, 0) is 56.5 Å². The van der Waals surface area contributed by atoms with E-state index in [-0.39, 0.29) is 40.7 Å². The first-order valence-corrected chi connectivity index (χ1v) is 16.6. The number of nitrogens with zero attached hydrogens (tertiary/aromatic N) is 3. The number of carbonyl (C=O) groups excluding carboxylic acids is 2. The highest BCUT2D eigenvalue weighted by atomic mass is 16.8. The molecule has 15 heteroatoms. The van der Waals surface area contributed by atoms with E-state index < -0.39 is 48.4 Å². The van der Waals surface area contributed by atoms with E-state index >= 15 is 0 Å². The number of ether oxygens (including phenoxy) is 10. The Morgan fingerprint density at radius 2 is 1.30 bits per heavy atom. The third-order valence-corrected chi connectivity index (χ3v) is 8.31. The number of rotatable bonds is 19. The summed E-state index contributed by atoms with van der Waals surface area (Å²) >= 11 is 0. The van der Waals surface area contributed by atoms with E-state index in [1.165, 1.54) is 28.4 Å². The fourth-order valence-electron chi connectivity index (χ4n) is 5.98. The highest BCUT2D eigenvalue weighted by Crippen LogP contribution is 2.41. The fraction of sp³-hybridized carbons (Fsp3) is 0.600. The summed E-state index contributed by atoms with van der Waals surface area (Å²) in [6, 6.07) is 9.92. The van der Waals surface area contributed by atoms with Crippen molar-refractivity contribution in [2.45, 2.75) is 88.9 Å². The van der Waals surface area contributed by atoms with Gasteiger partial charge in [0, 0.05) is 18.1 Å². The second-order valence-electron chi connectivity index (χ2n) is 12.1. The second kappa shape index (κ2) is 18.6. The van der Waals surface area contributed by atoms with Crippen molar-refractivity contribution in [1.29, 1.82) is 0 Å². The number of esters is 2. The molecular formula is C35H47N3O12. The summed E-state index contributed by atoms with van der Waals surface area (Å²) in [7, 11) is 5.78. The van der Waals surface area contributed by atoms with Gasteiger partial charge in [0.25, 0.3) is 0 Å². The molecule has 2 fully saturated rings. The number of unbranched alkanes of at least 4 members (excludes halogenated alkanes) is 5. The van der Waals surface area contributed by atoms with Crippen LogP contribution in [0.3, 0.4) is 0 Å². The number of hydrogen-bond acceptors (Lipinski definition) is 13. The Bertz CT molecular complexity index is 1440. The van der Waals surface area contributed by atoms with Gasteiger partial charge in [0.15, 0.2) is 18.2 Å². The SMILES string of the molecule is COc1cccc(OC)c1C(=O)OC[C@H]1O[C@H](OCCCCCCCCN=[N+]=[N-])[C@H](OC(=O)c2c(OC)cccc2OC)[C@H]2OC(C)(C)O[C@H]21. The van der Waals surface area contributed by atoms with Crippen LogP contribution in [0.5, 0.6) is 23.0 Å². The molecule has 2 aromatic carbocycles. The fourth-order valence-corrected chi connectivity index (χ4v) is 5.98. The van der Waals surface area contributed by atoms with Crippen LogP contribution in [0.25, 0.3) is 10.4 Å². The summed E-state index contributed by atoms with van der Waals surface area (Å²) in [5.74, 6) is -1.41. The number of fused-ring (bicyclic) bond motifs is 1. The maximum absolute atomic E-state index is 13.8. The first-order chi connectivity index (χ1) is 24.2. The lowest BCUT2D eigenvalue weighted by atomic mass is 9.99. The van der Waals surface area contributed by atoms with Gasteiger partial charge in [-0.15, -0.1) is 0 Å². The van der Waals surface area contributed by atoms with Crippen molar-refractivity contribution in [3.8, 4) is 23.0 Å². The van der Waals surface area contributed by atoms with Gasteiger partial charge in [-0.3, -0.25) is 0 Å². The minimum absolute atomic E-state index is 0.0910. The van der Waals surface area contributed by atoms with Crippen molar-refractivity contribution >= 4 is 11.9 Å². The van der Waals surface area contributed by atoms with E-state index in [4.69, 9.17) is 52.9 Å². The van der Waals surface area contributed by atoms with Gasteiger partial charge in [0.2, 0.25) is 0 Å². The number of methoxy groups -OCH3 is 4. The summed E-state index contributed by atoms with van der Waals surface area (Å²) in [6.45, 7) is 4.02. The Balaban J connectivity index is 1.53. The zero-order valence-corrected chi connectivity index (χ0v) is 29.5. The van der Waals surface area contributed by atoms with E-state index in [0.717, 1.165) is 32.1 Å². The first-order valence-electron chi connectivity index (χ1n) is 16.6. The third kappa shape index (κ3) is 9.70. The molecule has 50 heavy (non-hydrogen) atoms. The van der Waals surface area contributed by atoms with Crippen LogP contribution in [0, 0.1) is 0 Å². The lowest BCUT2D eigenvalue weighted by molar-refractivity contribution is -0.281. The van der Waals surface area contributed by atoms with Crippen LogP contribution in [-0.4, -0.2) is 96.6 Å². The van der Waals surface area contributed by atoms with Gasteiger partial charge >= 0.3 is 11.9 Å². The maximum atomic E-state index is 13.8. The molecule has 2 saturated heterocycles. The zero-order chi connectivity index (χ0) is 36.1. The molecule has 5 atom stereocenters. The molecule has 0 aromatic heterocycles. The van der Waals surface area contributed by atoms with Crippen LogP contribution < -0.4 is 18.9 Å². The predicted molar refractivity (Wildman–Crippen MR) is 179 cm³/mol. The Kier molecular flexibility index (Phi) is 14.4. The summed E-state index contributed by atoms with van der Waals surface area (Å²) in [5.41, 5.74) is 8.64. The van der Waals surface area contributed by atoms with E-state index in [2.05, 4.69) is 10.0 Å². The number of azide groups is 1. The van der Waals surface area contributed by atoms with Crippen LogP contribution >= 0.6 is 0 Å². The van der Waals surface area contributed by atoms with E-state index in [0.29, 0.717) is 19.6 Å². The van der Waals surface area contributed by atoms with E-state index in [1.54, 1.807) is 50.2 Å². The maximum Gasteiger partial charge on any atom is 0.346 e. The molecule has 0 bridgehead atoms. The van der Waals surface area contributed by atoms with Gasteiger partial charge in [0.05, 0.1) is 28.4 Å². The largest absolute Gasteiger partial charge is 0.496 e. The molecule has 0 aliphatic carbocycles. The van der Waals surface area contributed by atoms with Gasteiger partial charge in [0.1, 0.15) is 59.0 Å². The predicted octanol–water partition coefficient (Wildman–Crippen LogP) is 6.02. The van der Waals surface area contributed by atoms with Crippen molar-refractivity contribution in [1.82, 2.24) is 0 Å². The summed E-state index contributed by atoms with van der Waals surface area (Å²) in [6.07, 6.45) is 0.674. The van der Waals surface area contributed by atoms with Crippen LogP contribution in [0.15, 0.2) is 41.5 Å². The van der Waals surface area contributed by atoms with E-state index in [9.17, 15) is 9.59 Å². The minimum atomic E-state index is -1.10. The lowest BCUT2D eigenvalue weighted by Crippen LogP contribution is -2.59. The summed E-state index contributed by atoms with van der Waals surface area (Å²) < 4.78 is 58.7. The Morgan fingerprint density at radius 1 is 0.780 bits per heavy atom. The molecule has 274 valence electrons. The molecule has 0 N–H and O–H groups in total. The van der Waals surface area contributed by atoms with Gasteiger partial charge in [-0.1, -0.05) is 42.9 Å². The van der Waals surface area contributed by atoms with Crippen molar-refractivity contribution < 1.29 is 57.0 Å². The molecule has 15 nitrogen and oxygen atoms in total. The van der Waals surface area contributed by atoms with E-state index in [1.807, 2.05) is 0 Å². The average Bonchev–Trinajstić information content (AvgIpc) is 3.46. The number of hydrogen-bond donors (Lipinski definition) is 0. The first kappa shape index (κ1) is 38.5. The second-order valence-corrected chi connectivity index (χ2v) is 12.1. The molecular weight excluding hydrogens is 654 g/mol. The molecule has 0 spiro atoms. The van der Waals surface area contributed by atoms with Crippen LogP contribution in [0.2, 0.25) is 0 Å². The van der Waals surface area contributed by atoms with Gasteiger partial charge in [-0.25, -0.2) is 9.59 Å². The summed E-state index contributed by atoms with van der Waals surface area (Å²) in [5, 5.41) is 3.57. The quantitative estimate of drug-likeness (QED) is 0.0549. The third-order valence-electron chi connectivity index (χ3n) is 8.31. The Labute approximate surface area is 291 Å².